The summed E-state index contributed by atoms with van der Waals surface area (Å²) < 4.78 is 12.6. The number of carboxylic acid groups (broad SMARTS) is 1. The third-order valence-electron chi connectivity index (χ3n) is 3.79. The van der Waals surface area contributed by atoms with Gasteiger partial charge in [-0.2, -0.15) is 0 Å². The van der Waals surface area contributed by atoms with Crippen molar-refractivity contribution in [3.8, 4) is 0 Å². The molecule has 0 aliphatic carbocycles. The minimum atomic E-state index is -0.857. The van der Waals surface area contributed by atoms with E-state index in [9.17, 15) is 9.90 Å². The van der Waals surface area contributed by atoms with Crippen molar-refractivity contribution >= 4 is 12.2 Å². The number of methoxy groups -OCH3 is 1. The Morgan fingerprint density at radius 3 is 2.67 bits per heavy atom. The Morgan fingerprint density at radius 1 is 1.38 bits per heavy atom. The Balaban J connectivity index is 3.19. The number of carbonyl (C=O) groups is 1. The van der Waals surface area contributed by atoms with Gasteiger partial charge in [-0.1, -0.05) is 19.1 Å². The van der Waals surface area contributed by atoms with Gasteiger partial charge < -0.3 is 14.6 Å². The minimum Gasteiger partial charge on any atom is -0.478 e. The average Bonchev–Trinajstić information content (AvgIpc) is 2.54. The van der Waals surface area contributed by atoms with Crippen LogP contribution >= 0.6 is 0 Å². The van der Waals surface area contributed by atoms with Crippen molar-refractivity contribution in [1.29, 1.82) is 0 Å². The molecule has 24 heavy (non-hydrogen) atoms. The third-order valence-corrected chi connectivity index (χ3v) is 3.79. The molecule has 132 valence electrons. The smallest absolute Gasteiger partial charge is 0.332 e. The fourth-order valence-corrected chi connectivity index (χ4v) is 2.46. The first-order valence-corrected chi connectivity index (χ1v) is 8.10. The molecule has 1 aliphatic heterocycles. The monoisotopic (exact) mass is 334 g/mol. The predicted octanol–water partition coefficient (Wildman–Crippen LogP) is 3.29. The van der Waals surface area contributed by atoms with Crippen molar-refractivity contribution in [3.63, 3.8) is 0 Å². The van der Waals surface area contributed by atoms with E-state index in [2.05, 4.69) is 13.0 Å². The van der Waals surface area contributed by atoms with Crippen LogP contribution in [0.15, 0.2) is 46.3 Å². The lowest BCUT2D eigenvalue weighted by atomic mass is 9.96. The fraction of sp³-hybridized carbons (Fsp3) is 0.474. The van der Waals surface area contributed by atoms with E-state index in [4.69, 9.17) is 9.47 Å². The summed E-state index contributed by atoms with van der Waals surface area (Å²) in [7, 11) is 3.53. The summed E-state index contributed by atoms with van der Waals surface area (Å²) in [6, 6.07) is 0. The summed E-state index contributed by atoms with van der Waals surface area (Å²) in [4.78, 5) is 11.5. The van der Waals surface area contributed by atoms with Crippen molar-refractivity contribution in [3.05, 3.63) is 46.3 Å². The highest BCUT2D eigenvalue weighted by molar-refractivity contribution is 5.97. The summed E-state index contributed by atoms with van der Waals surface area (Å²) in [6.07, 6.45) is 9.17. The van der Waals surface area contributed by atoms with Crippen LogP contribution in [0.4, 0.5) is 0 Å². The highest BCUT2D eigenvalue weighted by Crippen LogP contribution is 2.20. The number of ether oxygens (including phenoxy) is 2. The maximum absolute atomic E-state index is 11.5. The second-order valence-corrected chi connectivity index (χ2v) is 5.78. The molecule has 0 aromatic rings. The Kier molecular flexibility index (Phi) is 8.19. The second kappa shape index (κ2) is 9.88. The van der Waals surface area contributed by atoms with Gasteiger partial charge in [0.05, 0.1) is 11.1 Å². The third kappa shape index (κ3) is 5.81. The van der Waals surface area contributed by atoms with E-state index in [0.29, 0.717) is 12.0 Å². The first-order chi connectivity index (χ1) is 11.4. The number of allylic oxidation sites excluding steroid dienone is 6. The Labute approximate surface area is 144 Å². The van der Waals surface area contributed by atoms with E-state index in [1.807, 2.05) is 43.8 Å². The van der Waals surface area contributed by atoms with Crippen LogP contribution in [0.3, 0.4) is 0 Å². The number of hydrogen-bond acceptors (Lipinski definition) is 3. The molecule has 1 heterocycles. The molecule has 0 saturated heterocycles. The molecule has 0 radical (unpaired) electrons. The SMILES string of the molecule is CC/C=C(C)/C(=C\C=C(/C)C1=C(C(=O)O)CC[N+](C)=C1)OCOC. The molecule has 0 saturated carbocycles. The fourth-order valence-electron chi connectivity index (χ4n) is 2.46. The molecule has 0 atom stereocenters. The van der Waals surface area contributed by atoms with Gasteiger partial charge in [-0.25, -0.2) is 9.37 Å². The van der Waals surface area contributed by atoms with E-state index >= 15 is 0 Å². The van der Waals surface area contributed by atoms with Gasteiger partial charge >= 0.3 is 5.97 Å². The number of rotatable bonds is 8. The van der Waals surface area contributed by atoms with Gasteiger partial charge in [0.1, 0.15) is 19.4 Å². The quantitative estimate of drug-likeness (QED) is 0.320. The van der Waals surface area contributed by atoms with E-state index in [1.54, 1.807) is 7.11 Å². The maximum Gasteiger partial charge on any atom is 0.332 e. The summed E-state index contributed by atoms with van der Waals surface area (Å²) in [5, 5.41) is 9.41. The molecule has 5 nitrogen and oxygen atoms in total. The van der Waals surface area contributed by atoms with Crippen LogP contribution in [-0.4, -0.2) is 49.4 Å². The molecule has 0 spiro atoms. The van der Waals surface area contributed by atoms with Crippen molar-refractivity contribution in [2.75, 3.05) is 27.5 Å². The summed E-state index contributed by atoms with van der Waals surface area (Å²) in [5.74, 6) is -0.135. The van der Waals surface area contributed by atoms with Gasteiger partial charge in [0.25, 0.3) is 0 Å². The van der Waals surface area contributed by atoms with E-state index in [1.165, 1.54) is 0 Å². The van der Waals surface area contributed by atoms with Gasteiger partial charge in [0.2, 0.25) is 0 Å². The summed E-state index contributed by atoms with van der Waals surface area (Å²) in [5.41, 5.74) is 3.13. The second-order valence-electron chi connectivity index (χ2n) is 5.78. The van der Waals surface area contributed by atoms with Crippen LogP contribution in [0.1, 0.15) is 33.6 Å². The molecule has 5 heteroatoms. The number of nitrogens with zero attached hydrogens (tertiary/aromatic N) is 1. The largest absolute Gasteiger partial charge is 0.478 e. The lowest BCUT2D eigenvalue weighted by Gasteiger charge is -2.13. The average molecular weight is 334 g/mol. The minimum absolute atomic E-state index is 0.172. The summed E-state index contributed by atoms with van der Waals surface area (Å²) in [6.45, 7) is 6.85. The topological polar surface area (TPSA) is 58.8 Å². The molecular formula is C19H28NO4+. The highest BCUT2D eigenvalue weighted by Gasteiger charge is 2.22. The van der Waals surface area contributed by atoms with E-state index < -0.39 is 5.97 Å². The van der Waals surface area contributed by atoms with Gasteiger partial charge in [0.15, 0.2) is 13.0 Å². The molecule has 0 unspecified atom stereocenters. The van der Waals surface area contributed by atoms with Gasteiger partial charge in [-0.05, 0) is 37.5 Å². The Morgan fingerprint density at radius 2 is 2.08 bits per heavy atom. The molecule has 0 bridgehead atoms. The Hall–Kier alpha value is -2.14. The molecule has 0 amide bonds. The van der Waals surface area contributed by atoms with Crippen LogP contribution in [-0.2, 0) is 14.3 Å². The first-order valence-electron chi connectivity index (χ1n) is 8.10. The normalized spacial score (nSPS) is 17.0. The van der Waals surface area contributed by atoms with Crippen LogP contribution in [0.25, 0.3) is 0 Å². The predicted molar refractivity (Wildman–Crippen MR) is 95.2 cm³/mol. The molecule has 0 fully saturated rings. The lowest BCUT2D eigenvalue weighted by molar-refractivity contribution is -0.492. The summed E-state index contributed by atoms with van der Waals surface area (Å²) >= 11 is 0. The zero-order chi connectivity index (χ0) is 18.1. The standard InChI is InChI=1S/C19H27NO4/c1-6-7-15(3)18(24-13-23-5)9-8-14(2)17-12-20(4)11-10-16(17)19(21)22/h7-9,12H,6,10-11,13H2,1-5H3/p+1/b14-8+,15-7+,18-9+. The van der Waals surface area contributed by atoms with Gasteiger partial charge in [0, 0.05) is 13.5 Å². The Bertz CT molecular complexity index is 621. The zero-order valence-corrected chi connectivity index (χ0v) is 15.3. The van der Waals surface area contributed by atoms with Gasteiger partial charge in [-0.15, -0.1) is 0 Å². The van der Waals surface area contributed by atoms with Crippen molar-refractivity contribution in [1.82, 2.24) is 0 Å². The van der Waals surface area contributed by atoms with E-state index in [-0.39, 0.29) is 6.79 Å². The van der Waals surface area contributed by atoms with Crippen molar-refractivity contribution in [2.24, 2.45) is 0 Å². The van der Waals surface area contributed by atoms with Crippen molar-refractivity contribution in [2.45, 2.75) is 33.6 Å². The number of hydrogen-bond donors (Lipinski definition) is 1. The molecule has 1 N–H and O–H groups in total. The highest BCUT2D eigenvalue weighted by atomic mass is 16.7. The molecular weight excluding hydrogens is 306 g/mol. The molecule has 0 aromatic heterocycles. The van der Waals surface area contributed by atoms with E-state index in [0.717, 1.165) is 35.4 Å². The zero-order valence-electron chi connectivity index (χ0n) is 15.3. The molecule has 1 aliphatic rings. The van der Waals surface area contributed by atoms with Crippen molar-refractivity contribution < 1.29 is 24.0 Å². The molecule has 0 aromatic carbocycles. The maximum atomic E-state index is 11.5. The first kappa shape index (κ1) is 19.9. The number of carboxylic acids is 1. The molecule has 1 rings (SSSR count). The van der Waals surface area contributed by atoms with Crippen LogP contribution in [0.5, 0.6) is 0 Å². The van der Waals surface area contributed by atoms with Gasteiger partial charge in [-0.3, -0.25) is 0 Å². The van der Waals surface area contributed by atoms with Crippen LogP contribution in [0, 0.1) is 0 Å². The van der Waals surface area contributed by atoms with Crippen LogP contribution < -0.4 is 0 Å². The van der Waals surface area contributed by atoms with Crippen LogP contribution in [0.2, 0.25) is 0 Å². The lowest BCUT2D eigenvalue weighted by Crippen LogP contribution is -2.21. The number of aliphatic carboxylic acids is 1.